The van der Waals surface area contributed by atoms with E-state index in [4.69, 9.17) is 4.74 Å². The number of nitrogens with one attached hydrogen (secondary N) is 1. The fourth-order valence-electron chi connectivity index (χ4n) is 1.32. The molecule has 0 bridgehead atoms. The first-order chi connectivity index (χ1) is 6.88. The first kappa shape index (κ1) is 11.6. The molecule has 3 nitrogen and oxygen atoms in total. The molecule has 0 amide bonds. The first-order valence-corrected chi connectivity index (χ1v) is 6.40. The van der Waals surface area contributed by atoms with Crippen LogP contribution in [-0.2, 0) is 17.7 Å². The lowest BCUT2D eigenvalue weighted by Crippen LogP contribution is -2.37. The Kier molecular flexibility index (Phi) is 5.71. The van der Waals surface area contributed by atoms with Gasteiger partial charge in [-0.3, -0.25) is 0 Å². The van der Waals surface area contributed by atoms with Gasteiger partial charge in [0.05, 0.1) is 19.6 Å². The van der Waals surface area contributed by atoms with Crippen molar-refractivity contribution >= 4 is 11.8 Å². The normalized spacial score (nSPS) is 10.7. The molecule has 0 saturated heterocycles. The summed E-state index contributed by atoms with van der Waals surface area (Å²) in [6.45, 7) is 4.70. The lowest BCUT2D eigenvalue weighted by atomic mass is 10.4. The fourth-order valence-corrected chi connectivity index (χ4v) is 1.70. The molecule has 1 rings (SSSR count). The Morgan fingerprint density at radius 2 is 2.43 bits per heavy atom. The topological polar surface area (TPSA) is 28.9 Å². The van der Waals surface area contributed by atoms with E-state index in [0.29, 0.717) is 0 Å². The molecule has 0 aromatic carbocycles. The van der Waals surface area contributed by atoms with Crippen molar-refractivity contribution in [2.24, 2.45) is 0 Å². The van der Waals surface area contributed by atoms with Gasteiger partial charge in [-0.1, -0.05) is 0 Å². The second kappa shape index (κ2) is 6.90. The van der Waals surface area contributed by atoms with Crippen LogP contribution in [0.1, 0.15) is 12.7 Å². The fraction of sp³-hybridized carbons (Fsp3) is 0.700. The summed E-state index contributed by atoms with van der Waals surface area (Å²) in [5, 5.41) is 0. The van der Waals surface area contributed by atoms with Crippen LogP contribution >= 0.6 is 11.8 Å². The van der Waals surface area contributed by atoms with Crippen molar-refractivity contribution < 1.29 is 9.30 Å². The number of hydrogen-bond acceptors (Lipinski definition) is 2. The molecule has 1 aromatic heterocycles. The Morgan fingerprint density at radius 1 is 1.57 bits per heavy atom. The van der Waals surface area contributed by atoms with E-state index >= 15 is 0 Å². The number of rotatable bonds is 7. The SMILES string of the molecule is CCOCCc1[nH]cc[n+]1CCSC. The molecule has 0 aliphatic rings. The molecular weight excluding hydrogens is 196 g/mol. The maximum absolute atomic E-state index is 5.33. The highest BCUT2D eigenvalue weighted by molar-refractivity contribution is 7.98. The third kappa shape index (κ3) is 3.72. The average Bonchev–Trinajstić information content (AvgIpc) is 2.63. The smallest absolute Gasteiger partial charge is 0.256 e. The Balaban J connectivity index is 2.37. The van der Waals surface area contributed by atoms with Gasteiger partial charge in [0.1, 0.15) is 12.4 Å². The van der Waals surface area contributed by atoms with Crippen LogP contribution in [0.15, 0.2) is 12.4 Å². The third-order valence-electron chi connectivity index (χ3n) is 2.07. The first-order valence-electron chi connectivity index (χ1n) is 5.00. The van der Waals surface area contributed by atoms with E-state index in [1.165, 1.54) is 5.82 Å². The van der Waals surface area contributed by atoms with Crippen LogP contribution in [0.3, 0.4) is 0 Å². The molecule has 0 aliphatic carbocycles. The van der Waals surface area contributed by atoms with Crippen LogP contribution in [0.25, 0.3) is 0 Å². The molecule has 1 aromatic rings. The van der Waals surface area contributed by atoms with Gasteiger partial charge in [0.2, 0.25) is 0 Å². The van der Waals surface area contributed by atoms with Gasteiger partial charge < -0.3 is 4.74 Å². The van der Waals surface area contributed by atoms with Gasteiger partial charge in [-0.15, -0.1) is 0 Å². The number of aryl methyl sites for hydroxylation is 1. The summed E-state index contributed by atoms with van der Waals surface area (Å²) < 4.78 is 7.59. The largest absolute Gasteiger partial charge is 0.381 e. The summed E-state index contributed by atoms with van der Waals surface area (Å²) in [6.07, 6.45) is 7.18. The molecule has 0 unspecified atom stereocenters. The number of aromatic amines is 1. The van der Waals surface area contributed by atoms with Crippen LogP contribution in [0.4, 0.5) is 0 Å². The Morgan fingerprint density at radius 3 is 3.14 bits per heavy atom. The number of nitrogens with zero attached hydrogens (tertiary/aromatic N) is 1. The molecule has 0 radical (unpaired) electrons. The molecule has 4 heteroatoms. The van der Waals surface area contributed by atoms with E-state index < -0.39 is 0 Å². The number of hydrogen-bond donors (Lipinski definition) is 1. The minimum Gasteiger partial charge on any atom is -0.381 e. The zero-order chi connectivity index (χ0) is 10.2. The number of thioether (sulfide) groups is 1. The van der Waals surface area contributed by atoms with Crippen molar-refractivity contribution in [3.63, 3.8) is 0 Å². The summed E-state index contributed by atoms with van der Waals surface area (Å²) in [5.41, 5.74) is 0. The Bertz CT molecular complexity index is 250. The molecule has 14 heavy (non-hydrogen) atoms. The van der Waals surface area contributed by atoms with Crippen LogP contribution < -0.4 is 4.57 Å². The van der Waals surface area contributed by atoms with Crippen LogP contribution in [0, 0.1) is 0 Å². The number of imidazole rings is 1. The van der Waals surface area contributed by atoms with E-state index in [2.05, 4.69) is 22.0 Å². The lowest BCUT2D eigenvalue weighted by Gasteiger charge is -2.00. The van der Waals surface area contributed by atoms with E-state index in [1.54, 1.807) is 0 Å². The van der Waals surface area contributed by atoms with Gasteiger partial charge in [0.25, 0.3) is 5.82 Å². The standard InChI is InChI=1S/C10H18N2OS/c1-3-13-8-4-10-11-5-6-12(10)7-9-14-2/h5-6H,3-4,7-9H2,1-2H3/p+1. The van der Waals surface area contributed by atoms with E-state index in [1.807, 2.05) is 24.9 Å². The number of ether oxygens (including phenoxy) is 1. The van der Waals surface area contributed by atoms with Crippen molar-refractivity contribution in [1.82, 2.24) is 4.98 Å². The van der Waals surface area contributed by atoms with Crippen molar-refractivity contribution in [3.05, 3.63) is 18.2 Å². The van der Waals surface area contributed by atoms with Crippen molar-refractivity contribution in [2.75, 3.05) is 25.2 Å². The van der Waals surface area contributed by atoms with Gasteiger partial charge in [-0.25, -0.2) is 9.55 Å². The van der Waals surface area contributed by atoms with Crippen molar-refractivity contribution in [1.29, 1.82) is 0 Å². The second-order valence-electron chi connectivity index (χ2n) is 3.04. The van der Waals surface area contributed by atoms with Gasteiger partial charge in [0, 0.05) is 12.4 Å². The zero-order valence-electron chi connectivity index (χ0n) is 8.95. The lowest BCUT2D eigenvalue weighted by molar-refractivity contribution is -0.698. The average molecular weight is 215 g/mol. The van der Waals surface area contributed by atoms with Gasteiger partial charge in [-0.05, 0) is 13.2 Å². The summed E-state index contributed by atoms with van der Waals surface area (Å²) in [7, 11) is 0. The van der Waals surface area contributed by atoms with Crippen LogP contribution in [-0.4, -0.2) is 30.2 Å². The minimum absolute atomic E-state index is 0.797. The Labute approximate surface area is 89.9 Å². The molecule has 1 N–H and O–H groups in total. The van der Waals surface area contributed by atoms with Gasteiger partial charge in [-0.2, -0.15) is 11.8 Å². The highest BCUT2D eigenvalue weighted by Gasteiger charge is 2.08. The predicted octanol–water partition coefficient (Wildman–Crippen LogP) is 1.24. The highest BCUT2D eigenvalue weighted by atomic mass is 32.2. The molecule has 0 spiro atoms. The van der Waals surface area contributed by atoms with E-state index in [9.17, 15) is 0 Å². The van der Waals surface area contributed by atoms with E-state index in [0.717, 1.165) is 31.9 Å². The summed E-state index contributed by atoms with van der Waals surface area (Å²) in [4.78, 5) is 3.25. The molecule has 0 atom stereocenters. The number of H-pyrrole nitrogens is 1. The minimum atomic E-state index is 0.797. The van der Waals surface area contributed by atoms with Crippen molar-refractivity contribution in [3.8, 4) is 0 Å². The molecule has 0 aliphatic heterocycles. The van der Waals surface area contributed by atoms with Crippen LogP contribution in [0.5, 0.6) is 0 Å². The molecule has 1 heterocycles. The molecular formula is C10H19N2OS+. The summed E-state index contributed by atoms with van der Waals surface area (Å²) >= 11 is 1.87. The molecule has 80 valence electrons. The monoisotopic (exact) mass is 215 g/mol. The second-order valence-corrected chi connectivity index (χ2v) is 4.03. The summed E-state index contributed by atoms with van der Waals surface area (Å²) in [5.74, 6) is 2.41. The molecule has 0 saturated carbocycles. The number of aromatic nitrogens is 2. The van der Waals surface area contributed by atoms with Gasteiger partial charge >= 0.3 is 0 Å². The Hall–Kier alpha value is -0.480. The molecule has 0 fully saturated rings. The highest BCUT2D eigenvalue weighted by Crippen LogP contribution is 1.93. The summed E-state index contributed by atoms with van der Waals surface area (Å²) in [6, 6.07) is 0. The quantitative estimate of drug-likeness (QED) is 0.548. The zero-order valence-corrected chi connectivity index (χ0v) is 9.77. The van der Waals surface area contributed by atoms with E-state index in [-0.39, 0.29) is 0 Å². The maximum Gasteiger partial charge on any atom is 0.256 e. The third-order valence-corrected chi connectivity index (χ3v) is 2.67. The van der Waals surface area contributed by atoms with Crippen molar-refractivity contribution in [2.45, 2.75) is 19.9 Å². The predicted molar refractivity (Wildman–Crippen MR) is 59.6 cm³/mol. The van der Waals surface area contributed by atoms with Crippen LogP contribution in [0.2, 0.25) is 0 Å². The van der Waals surface area contributed by atoms with Gasteiger partial charge in [0.15, 0.2) is 0 Å². The maximum atomic E-state index is 5.33.